The monoisotopic (exact) mass is 527 g/mol. The molecule has 8 rings (SSSR count). The molecule has 184 valence electrons. The summed E-state index contributed by atoms with van der Waals surface area (Å²) < 4.78 is 84.2. The molecule has 39 heavy (non-hydrogen) atoms. The van der Waals surface area contributed by atoms with E-state index in [0.29, 0.717) is 22.1 Å². The average molecular weight is 528 g/mol. The van der Waals surface area contributed by atoms with Gasteiger partial charge >= 0.3 is 0 Å². The van der Waals surface area contributed by atoms with E-state index in [0.717, 1.165) is 27.8 Å². The predicted octanol–water partition coefficient (Wildman–Crippen LogP) is 10.1. The highest BCUT2D eigenvalue weighted by atomic mass is 35.5. The van der Waals surface area contributed by atoms with E-state index in [-0.39, 0.29) is 16.7 Å². The highest BCUT2D eigenvalue weighted by Gasteiger charge is 2.51. The van der Waals surface area contributed by atoms with Gasteiger partial charge in [0.2, 0.25) is 0 Å². The summed E-state index contributed by atoms with van der Waals surface area (Å²) in [5, 5.41) is 0.291. The molecule has 1 heterocycles. The molecule has 0 fully saturated rings. The van der Waals surface area contributed by atoms with E-state index in [4.69, 9.17) is 25.9 Å². The minimum absolute atomic E-state index is 0.0889. The van der Waals surface area contributed by atoms with Crippen LogP contribution in [-0.2, 0) is 5.41 Å². The zero-order valence-electron chi connectivity index (χ0n) is 29.4. The third-order valence-electron chi connectivity index (χ3n) is 7.56. The van der Waals surface area contributed by atoms with Crippen molar-refractivity contribution < 1.29 is 17.1 Å². The normalized spacial score (nSPS) is 16.9. The molecule has 1 aliphatic heterocycles. The van der Waals surface area contributed by atoms with Crippen LogP contribution in [-0.4, -0.2) is 0 Å². The van der Waals surface area contributed by atoms with Crippen LogP contribution < -0.4 is 4.74 Å². The van der Waals surface area contributed by atoms with Crippen molar-refractivity contribution in [2.24, 2.45) is 0 Å². The predicted molar refractivity (Wildman–Crippen MR) is 160 cm³/mol. The number of ether oxygens (including phenoxy) is 1. The maximum atomic E-state index is 9.18. The third-order valence-corrected chi connectivity index (χ3v) is 7.78. The van der Waals surface area contributed by atoms with Gasteiger partial charge in [0, 0.05) is 21.7 Å². The fourth-order valence-electron chi connectivity index (χ4n) is 6.05. The second-order valence-corrected chi connectivity index (χ2v) is 9.96. The molecule has 1 aliphatic carbocycles. The zero-order valence-corrected chi connectivity index (χ0v) is 21.1. The molecule has 6 aromatic rings. The summed E-state index contributed by atoms with van der Waals surface area (Å²) in [6.07, 6.45) is 0. The van der Waals surface area contributed by atoms with E-state index in [1.165, 1.54) is 0 Å². The first-order valence-corrected chi connectivity index (χ1v) is 12.9. The Balaban J connectivity index is 1.47. The Morgan fingerprint density at radius 2 is 1.10 bits per heavy atom. The molecule has 2 heteroatoms. The molecule has 0 aromatic heterocycles. The van der Waals surface area contributed by atoms with Crippen LogP contribution in [0.4, 0.5) is 0 Å². The van der Waals surface area contributed by atoms with Crippen LogP contribution in [0.15, 0.2) is 139 Å². The highest BCUT2D eigenvalue weighted by molar-refractivity contribution is 6.31. The Morgan fingerprint density at radius 3 is 1.79 bits per heavy atom. The van der Waals surface area contributed by atoms with E-state index in [2.05, 4.69) is 24.3 Å². The van der Waals surface area contributed by atoms with Crippen molar-refractivity contribution in [2.75, 3.05) is 0 Å². The van der Waals surface area contributed by atoms with Gasteiger partial charge in [-0.2, -0.15) is 0 Å². The van der Waals surface area contributed by atoms with Crippen molar-refractivity contribution >= 4 is 11.6 Å². The minimum atomic E-state index is -0.887. The van der Waals surface area contributed by atoms with E-state index < -0.39 is 65.4 Å². The van der Waals surface area contributed by atoms with E-state index in [9.17, 15) is 2.74 Å². The smallest absolute Gasteiger partial charge is 0.140 e. The number of halogens is 1. The lowest BCUT2D eigenvalue weighted by Crippen LogP contribution is -2.32. The van der Waals surface area contributed by atoms with E-state index in [1.54, 1.807) is 6.07 Å². The van der Waals surface area contributed by atoms with E-state index >= 15 is 0 Å². The van der Waals surface area contributed by atoms with Crippen molar-refractivity contribution in [3.63, 3.8) is 0 Å². The lowest BCUT2D eigenvalue weighted by Gasteiger charge is -2.40. The van der Waals surface area contributed by atoms with Gasteiger partial charge in [0.1, 0.15) is 11.5 Å². The van der Waals surface area contributed by atoms with Gasteiger partial charge in [-0.25, -0.2) is 0 Å². The molecule has 1 nitrogen and oxygen atoms in total. The van der Waals surface area contributed by atoms with Crippen molar-refractivity contribution in [3.05, 3.63) is 167 Å². The summed E-state index contributed by atoms with van der Waals surface area (Å²) in [5.41, 5.74) is 4.14. The number of hydrogen-bond donors (Lipinski definition) is 0. The Hall–Kier alpha value is -4.59. The summed E-state index contributed by atoms with van der Waals surface area (Å²) in [6, 6.07) is 22.2. The van der Waals surface area contributed by atoms with Gasteiger partial charge in [-0.1, -0.05) is 133 Å². The number of fused-ring (bicyclic) bond motifs is 9. The number of benzene rings is 6. The molecule has 1 spiro atoms. The van der Waals surface area contributed by atoms with Crippen LogP contribution in [0.3, 0.4) is 0 Å². The van der Waals surface area contributed by atoms with Crippen LogP contribution in [0.2, 0.25) is 5.02 Å². The summed E-state index contributed by atoms with van der Waals surface area (Å²) >= 11 is 6.90. The summed E-state index contributed by atoms with van der Waals surface area (Å²) in [6.45, 7) is 0. The van der Waals surface area contributed by atoms with Gasteiger partial charge in [-0.05, 0) is 57.1 Å². The van der Waals surface area contributed by atoms with Gasteiger partial charge in [0.25, 0.3) is 0 Å². The molecule has 0 saturated carbocycles. The largest absolute Gasteiger partial charge is 0.456 e. The summed E-state index contributed by atoms with van der Waals surface area (Å²) in [5.74, 6) is 0.882. The summed E-state index contributed by atoms with van der Waals surface area (Å²) in [7, 11) is 0. The van der Waals surface area contributed by atoms with Gasteiger partial charge in [0.05, 0.1) is 17.8 Å². The summed E-state index contributed by atoms with van der Waals surface area (Å²) in [4.78, 5) is 0. The molecule has 0 bridgehead atoms. The maximum Gasteiger partial charge on any atom is 0.140 e. The van der Waals surface area contributed by atoms with Crippen LogP contribution >= 0.6 is 11.6 Å². The molecular formula is C37H23ClO. The maximum absolute atomic E-state index is 9.18. The Bertz CT molecular complexity index is 2300. The van der Waals surface area contributed by atoms with Gasteiger partial charge in [-0.3, -0.25) is 0 Å². The quantitative estimate of drug-likeness (QED) is 0.217. The minimum Gasteiger partial charge on any atom is -0.456 e. The second kappa shape index (κ2) is 8.46. The van der Waals surface area contributed by atoms with Gasteiger partial charge in [0.15, 0.2) is 0 Å². The Morgan fingerprint density at radius 1 is 0.538 bits per heavy atom. The SMILES string of the molecule is [2H]c1c([2H])c([2H])c(-c2c([2H])c([2H])c(-c3cc(Cl)cc4c3Oc3ccccc3C43c4ccccc4-c4ccccc43)c([2H])c2[2H])c([2H])c1[2H]. The zero-order chi connectivity index (χ0) is 33.8. The van der Waals surface area contributed by atoms with Crippen molar-refractivity contribution in [1.29, 1.82) is 0 Å². The second-order valence-electron chi connectivity index (χ2n) is 9.52. The number of hydrogen-bond acceptors (Lipinski definition) is 1. The average Bonchev–Trinajstić information content (AvgIpc) is 3.38. The van der Waals surface area contributed by atoms with Crippen LogP contribution in [0.1, 0.15) is 34.6 Å². The Labute approximate surface area is 245 Å². The number of rotatable bonds is 2. The molecular weight excluding hydrogens is 496 g/mol. The third kappa shape index (κ3) is 3.14. The molecule has 0 N–H and O–H groups in total. The van der Waals surface area contributed by atoms with Crippen molar-refractivity contribution in [3.8, 4) is 44.9 Å². The lowest BCUT2D eigenvalue weighted by molar-refractivity contribution is 0.438. The lowest BCUT2D eigenvalue weighted by atomic mass is 9.65. The molecule has 2 aliphatic rings. The molecule has 0 radical (unpaired) electrons. The van der Waals surface area contributed by atoms with Crippen LogP contribution in [0, 0.1) is 0 Å². The molecule has 0 saturated heterocycles. The first-order valence-electron chi connectivity index (χ1n) is 17.0. The topological polar surface area (TPSA) is 9.23 Å². The van der Waals surface area contributed by atoms with Crippen LogP contribution in [0.25, 0.3) is 33.4 Å². The molecule has 6 aromatic carbocycles. The van der Waals surface area contributed by atoms with E-state index in [1.807, 2.05) is 54.6 Å². The Kier molecular flexibility index (Phi) is 3.28. The highest BCUT2D eigenvalue weighted by Crippen LogP contribution is 2.63. The van der Waals surface area contributed by atoms with Crippen LogP contribution in [0.5, 0.6) is 11.5 Å². The number of para-hydroxylation sites is 1. The molecule has 0 unspecified atom stereocenters. The first-order chi connectivity index (χ1) is 23.0. The fourth-order valence-corrected chi connectivity index (χ4v) is 6.27. The van der Waals surface area contributed by atoms with Crippen molar-refractivity contribution in [1.82, 2.24) is 0 Å². The molecule has 0 amide bonds. The standard InChI is InChI=1S/C37H23ClO/c38-27-22-30(26-20-18-25(19-21-26)24-10-2-1-3-11-24)36-34(23-27)37(33-16-8-9-17-35(33)39-36)31-14-6-4-12-28(31)29-13-5-7-15-32(29)37/h1-23H/i1D,2D,3D,10D,11D,18D,19D,20D,21D. The fraction of sp³-hybridized carbons (Fsp3) is 0.0270. The first kappa shape index (κ1) is 15.1. The van der Waals surface area contributed by atoms with Gasteiger partial charge < -0.3 is 4.74 Å². The molecule has 0 atom stereocenters. The van der Waals surface area contributed by atoms with Crippen molar-refractivity contribution in [2.45, 2.75) is 5.41 Å². The van der Waals surface area contributed by atoms with Gasteiger partial charge in [-0.15, -0.1) is 0 Å².